The summed E-state index contributed by atoms with van der Waals surface area (Å²) in [6.45, 7) is 5.94. The van der Waals surface area contributed by atoms with Crippen molar-refractivity contribution in [1.82, 2.24) is 10.2 Å². The molecule has 0 aromatic rings. The van der Waals surface area contributed by atoms with Gasteiger partial charge in [0.2, 0.25) is 5.91 Å². The Morgan fingerprint density at radius 2 is 2.20 bits per heavy atom. The monoisotopic (exact) mass is 403 g/mol. The summed E-state index contributed by atoms with van der Waals surface area (Å²) in [4.78, 5) is 20.0. The molecule has 0 radical (unpaired) electrons. The zero-order valence-electron chi connectivity index (χ0n) is 14.5. The fourth-order valence-electron chi connectivity index (χ4n) is 4.61. The first-order valence-corrected chi connectivity index (χ1v) is 9.76. The van der Waals surface area contributed by atoms with Crippen LogP contribution in [0.5, 0.6) is 0 Å². The summed E-state index contributed by atoms with van der Waals surface area (Å²) in [5.41, 5.74) is 1.18. The minimum atomic E-state index is 0. The van der Waals surface area contributed by atoms with Crippen molar-refractivity contribution in [2.45, 2.75) is 24.5 Å². The van der Waals surface area contributed by atoms with Crippen LogP contribution in [0.15, 0.2) is 28.9 Å². The van der Waals surface area contributed by atoms with E-state index in [1.165, 1.54) is 5.70 Å². The predicted octanol–water partition coefficient (Wildman–Crippen LogP) is 2.93. The van der Waals surface area contributed by atoms with Crippen molar-refractivity contribution < 1.29 is 4.79 Å². The van der Waals surface area contributed by atoms with Crippen molar-refractivity contribution in [1.29, 1.82) is 0 Å². The van der Waals surface area contributed by atoms with Gasteiger partial charge in [-0.15, -0.1) is 36.6 Å². The molecule has 0 aromatic carbocycles. The van der Waals surface area contributed by atoms with Gasteiger partial charge in [-0.25, -0.2) is 0 Å². The largest absolute Gasteiger partial charge is 0.341 e. The third-order valence-electron chi connectivity index (χ3n) is 5.72. The van der Waals surface area contributed by atoms with Crippen LogP contribution >= 0.6 is 36.6 Å². The Hall–Kier alpha value is -0.490. The molecule has 25 heavy (non-hydrogen) atoms. The van der Waals surface area contributed by atoms with E-state index in [1.54, 1.807) is 0 Å². The van der Waals surface area contributed by atoms with Gasteiger partial charge in [-0.3, -0.25) is 9.79 Å². The van der Waals surface area contributed by atoms with E-state index in [0.29, 0.717) is 17.7 Å². The molecule has 2 fully saturated rings. The molecule has 4 unspecified atom stereocenters. The second-order valence-corrected chi connectivity index (χ2v) is 8.43. The molecular formula is C18H27Cl2N3OS. The van der Waals surface area contributed by atoms with E-state index in [0.717, 1.165) is 44.8 Å². The minimum Gasteiger partial charge on any atom is -0.341 e. The first-order chi connectivity index (χ1) is 11.2. The fraction of sp³-hybridized carbons (Fsp3) is 0.667. The molecule has 3 heterocycles. The van der Waals surface area contributed by atoms with Crippen LogP contribution in [0.3, 0.4) is 0 Å². The number of aliphatic imine (C=N–C) groups is 1. The normalized spacial score (nSPS) is 36.3. The highest BCUT2D eigenvalue weighted by Crippen LogP contribution is 2.58. The maximum Gasteiger partial charge on any atom is 0.226 e. The zero-order valence-corrected chi connectivity index (χ0v) is 17.0. The molecule has 1 aliphatic carbocycles. The number of thioether (sulfide) groups is 1. The summed E-state index contributed by atoms with van der Waals surface area (Å²) in [7, 11) is 0. The number of rotatable bonds is 1. The van der Waals surface area contributed by atoms with Crippen LogP contribution in [0, 0.1) is 17.8 Å². The molecule has 1 spiro atoms. The summed E-state index contributed by atoms with van der Waals surface area (Å²) in [5.74, 6) is 2.19. The van der Waals surface area contributed by atoms with E-state index in [9.17, 15) is 4.79 Å². The van der Waals surface area contributed by atoms with E-state index in [2.05, 4.69) is 41.6 Å². The van der Waals surface area contributed by atoms with Gasteiger partial charge in [-0.05, 0) is 37.3 Å². The number of halogens is 2. The maximum absolute atomic E-state index is 13.2. The first-order valence-electron chi connectivity index (χ1n) is 8.77. The standard InChI is InChI=1S/C18H25N3OS.2ClH/c1-13-11-20-15-5-2-3-6-18(15)16(13)14(12-23-18)17(22)21-9-4-7-19-8-10-21;;/h2-3,5,11,13-14,16,19H,4,6-10,12H2,1H3;2*1H. The molecule has 2 saturated heterocycles. The highest BCUT2D eigenvalue weighted by atomic mass is 35.5. The predicted molar refractivity (Wildman–Crippen MR) is 110 cm³/mol. The highest BCUT2D eigenvalue weighted by molar-refractivity contribution is 8.01. The zero-order chi connectivity index (χ0) is 15.9. The molecule has 4 nitrogen and oxygen atoms in total. The van der Waals surface area contributed by atoms with Crippen molar-refractivity contribution in [3.05, 3.63) is 23.9 Å². The van der Waals surface area contributed by atoms with E-state index in [4.69, 9.17) is 4.99 Å². The Kier molecular flexibility index (Phi) is 7.05. The van der Waals surface area contributed by atoms with Gasteiger partial charge in [0.1, 0.15) is 0 Å². The number of hydrogen-bond acceptors (Lipinski definition) is 4. The molecule has 1 amide bonds. The molecule has 4 rings (SSSR count). The summed E-state index contributed by atoms with van der Waals surface area (Å²) in [6, 6.07) is 0. The molecule has 4 atom stereocenters. The van der Waals surface area contributed by atoms with E-state index in [1.807, 2.05) is 11.8 Å². The van der Waals surface area contributed by atoms with Gasteiger partial charge in [0, 0.05) is 31.6 Å². The number of nitrogens with one attached hydrogen (secondary N) is 1. The number of carbonyl (C=O) groups excluding carboxylic acids is 1. The molecule has 0 saturated carbocycles. The van der Waals surface area contributed by atoms with Crippen molar-refractivity contribution in [2.24, 2.45) is 22.7 Å². The van der Waals surface area contributed by atoms with Gasteiger partial charge in [0.25, 0.3) is 0 Å². The van der Waals surface area contributed by atoms with E-state index >= 15 is 0 Å². The number of nitrogens with zero attached hydrogens (tertiary/aromatic N) is 2. The fourth-order valence-corrected chi connectivity index (χ4v) is 6.49. The lowest BCUT2D eigenvalue weighted by atomic mass is 9.69. The van der Waals surface area contributed by atoms with Crippen LogP contribution in [0.2, 0.25) is 0 Å². The number of carbonyl (C=O) groups is 1. The molecule has 0 bridgehead atoms. The van der Waals surface area contributed by atoms with E-state index < -0.39 is 0 Å². The van der Waals surface area contributed by atoms with Gasteiger partial charge in [-0.2, -0.15) is 0 Å². The number of amides is 1. The van der Waals surface area contributed by atoms with Gasteiger partial charge in [-0.1, -0.05) is 19.1 Å². The molecule has 4 aliphatic rings. The summed E-state index contributed by atoms with van der Waals surface area (Å²) < 4.78 is 0.0351. The van der Waals surface area contributed by atoms with E-state index in [-0.39, 0.29) is 35.5 Å². The Morgan fingerprint density at radius 3 is 3.04 bits per heavy atom. The third-order valence-corrected chi connectivity index (χ3v) is 7.41. The smallest absolute Gasteiger partial charge is 0.226 e. The second kappa shape index (κ2) is 8.47. The van der Waals surface area contributed by atoms with Crippen LogP contribution in [-0.4, -0.2) is 53.7 Å². The summed E-state index contributed by atoms with van der Waals surface area (Å²) in [6.07, 6.45) is 10.7. The van der Waals surface area contributed by atoms with Crippen LogP contribution in [0.4, 0.5) is 0 Å². The van der Waals surface area contributed by atoms with Crippen molar-refractivity contribution in [2.75, 3.05) is 31.9 Å². The first kappa shape index (κ1) is 20.8. The molecule has 1 N–H and O–H groups in total. The van der Waals surface area contributed by atoms with Crippen LogP contribution < -0.4 is 5.32 Å². The molecule has 3 aliphatic heterocycles. The summed E-state index contributed by atoms with van der Waals surface area (Å²) >= 11 is 1.97. The Labute approximate surface area is 166 Å². The lowest BCUT2D eigenvalue weighted by molar-refractivity contribution is -0.136. The summed E-state index contributed by atoms with van der Waals surface area (Å²) in [5, 5.41) is 3.39. The molecule has 0 aromatic heterocycles. The average molecular weight is 404 g/mol. The molecule has 140 valence electrons. The molecule has 7 heteroatoms. The third kappa shape index (κ3) is 3.53. The lowest BCUT2D eigenvalue weighted by Gasteiger charge is -2.43. The number of allylic oxidation sites excluding steroid dienone is 3. The van der Waals surface area contributed by atoms with Gasteiger partial charge in [0.05, 0.1) is 16.4 Å². The van der Waals surface area contributed by atoms with Crippen molar-refractivity contribution in [3.63, 3.8) is 0 Å². The van der Waals surface area contributed by atoms with Crippen LogP contribution in [0.25, 0.3) is 0 Å². The Morgan fingerprint density at radius 1 is 1.36 bits per heavy atom. The van der Waals surface area contributed by atoms with Crippen molar-refractivity contribution in [3.8, 4) is 0 Å². The van der Waals surface area contributed by atoms with Gasteiger partial charge >= 0.3 is 0 Å². The topological polar surface area (TPSA) is 44.7 Å². The quantitative estimate of drug-likeness (QED) is 0.731. The minimum absolute atomic E-state index is 0. The number of hydrogen-bond donors (Lipinski definition) is 1. The van der Waals surface area contributed by atoms with Crippen molar-refractivity contribution >= 4 is 48.7 Å². The maximum atomic E-state index is 13.2. The van der Waals surface area contributed by atoms with Gasteiger partial charge < -0.3 is 10.2 Å². The Bertz CT molecular complexity index is 587. The second-order valence-electron chi connectivity index (χ2n) is 7.08. The Balaban J connectivity index is 0.00000113. The average Bonchev–Trinajstić information content (AvgIpc) is 2.77. The van der Waals surface area contributed by atoms with Crippen LogP contribution in [-0.2, 0) is 4.79 Å². The lowest BCUT2D eigenvalue weighted by Crippen LogP contribution is -2.48. The SMILES string of the molecule is CC1C=NC2=CC=CCC23SCC(C(=O)N2CCCNCC2)C13.Cl.Cl. The van der Waals surface area contributed by atoms with Crippen LogP contribution in [0.1, 0.15) is 19.8 Å². The highest BCUT2D eigenvalue weighted by Gasteiger charge is 2.57. The molecular weight excluding hydrogens is 377 g/mol. The van der Waals surface area contributed by atoms with Gasteiger partial charge in [0.15, 0.2) is 0 Å².